The van der Waals surface area contributed by atoms with Crippen molar-refractivity contribution < 1.29 is 8.42 Å². The molecule has 0 saturated carbocycles. The Kier molecular flexibility index (Phi) is 4.07. The van der Waals surface area contributed by atoms with Crippen LogP contribution in [0.3, 0.4) is 0 Å². The molecule has 17 heavy (non-hydrogen) atoms. The van der Waals surface area contributed by atoms with E-state index in [0.29, 0.717) is 17.1 Å². The van der Waals surface area contributed by atoms with E-state index < -0.39 is 10.0 Å². The monoisotopic (exact) mass is 277 g/mol. The molecule has 0 atom stereocenters. The summed E-state index contributed by atoms with van der Waals surface area (Å²) < 4.78 is 23.2. The van der Waals surface area contributed by atoms with Gasteiger partial charge in [0.2, 0.25) is 10.0 Å². The Bertz CT molecular complexity index is 534. The summed E-state index contributed by atoms with van der Waals surface area (Å²) in [5, 5.41) is 12.0. The molecule has 96 valence electrons. The molecule has 0 spiro atoms. The second-order valence-electron chi connectivity index (χ2n) is 3.59. The van der Waals surface area contributed by atoms with Crippen LogP contribution in [0.15, 0.2) is 0 Å². The quantitative estimate of drug-likeness (QED) is 0.598. The van der Waals surface area contributed by atoms with Crippen molar-refractivity contribution in [1.29, 1.82) is 0 Å². The number of anilines is 1. The van der Waals surface area contributed by atoms with Crippen LogP contribution in [0.1, 0.15) is 11.3 Å². The summed E-state index contributed by atoms with van der Waals surface area (Å²) in [7, 11) is -1.77. The van der Waals surface area contributed by atoms with Crippen LogP contribution >= 0.6 is 12.2 Å². The zero-order chi connectivity index (χ0) is 13.2. The minimum Gasteiger partial charge on any atom is -0.389 e. The van der Waals surface area contributed by atoms with Gasteiger partial charge in [0.25, 0.3) is 0 Å². The predicted octanol–water partition coefficient (Wildman–Crippen LogP) is -0.937. The van der Waals surface area contributed by atoms with Crippen molar-refractivity contribution in [2.45, 2.75) is 6.92 Å². The highest BCUT2D eigenvalue weighted by atomic mass is 32.2. The van der Waals surface area contributed by atoms with E-state index in [4.69, 9.17) is 23.1 Å². The van der Waals surface area contributed by atoms with Crippen LogP contribution < -0.4 is 16.2 Å². The van der Waals surface area contributed by atoms with Crippen LogP contribution in [0.25, 0.3) is 0 Å². The minimum atomic E-state index is -3.49. The fourth-order valence-corrected chi connectivity index (χ4v) is 2.10. The number of hydrogen-bond acceptors (Lipinski definition) is 5. The lowest BCUT2D eigenvalue weighted by Gasteiger charge is -2.08. The van der Waals surface area contributed by atoms with Crippen LogP contribution in [-0.4, -0.2) is 35.5 Å². The van der Waals surface area contributed by atoms with Crippen molar-refractivity contribution in [3.05, 3.63) is 11.3 Å². The third-order valence-electron chi connectivity index (χ3n) is 2.15. The molecule has 0 bridgehead atoms. The molecule has 0 aliphatic carbocycles. The Morgan fingerprint density at radius 3 is 2.65 bits per heavy atom. The minimum absolute atomic E-state index is 0.173. The summed E-state index contributed by atoms with van der Waals surface area (Å²) in [5.41, 5.74) is 6.90. The first-order valence-electron chi connectivity index (χ1n) is 4.80. The number of nitrogens with two attached hydrogens (primary N) is 2. The van der Waals surface area contributed by atoms with Gasteiger partial charge in [-0.2, -0.15) is 5.10 Å². The van der Waals surface area contributed by atoms with Crippen molar-refractivity contribution in [3.63, 3.8) is 0 Å². The smallest absolute Gasteiger partial charge is 0.210 e. The first-order chi connectivity index (χ1) is 7.72. The zero-order valence-electron chi connectivity index (χ0n) is 9.60. The van der Waals surface area contributed by atoms with E-state index in [1.807, 2.05) is 0 Å². The molecule has 0 saturated heterocycles. The lowest BCUT2D eigenvalue weighted by atomic mass is 10.2. The number of hydrogen-bond donors (Lipinski definition) is 3. The maximum atomic E-state index is 10.8. The standard InChI is InChI=1S/C8H15N5O2S2/c1-5-6(7(9)16)8(13(2)12-5)11-3-4-17(10,14)15/h11H,3-4H2,1-2H3,(H2,9,16)(H2,10,14,15). The summed E-state index contributed by atoms with van der Waals surface area (Å²) in [6.07, 6.45) is 0. The number of nitrogens with zero attached hydrogens (tertiary/aromatic N) is 2. The molecule has 0 amide bonds. The zero-order valence-corrected chi connectivity index (χ0v) is 11.2. The molecular weight excluding hydrogens is 262 g/mol. The Morgan fingerprint density at radius 1 is 1.59 bits per heavy atom. The van der Waals surface area contributed by atoms with Crippen LogP contribution in [0, 0.1) is 6.92 Å². The van der Waals surface area contributed by atoms with Gasteiger partial charge in [0.1, 0.15) is 10.8 Å². The molecule has 0 unspecified atom stereocenters. The average molecular weight is 277 g/mol. The molecular formula is C8H15N5O2S2. The van der Waals surface area contributed by atoms with Gasteiger partial charge < -0.3 is 11.1 Å². The van der Waals surface area contributed by atoms with Gasteiger partial charge in [-0.15, -0.1) is 0 Å². The van der Waals surface area contributed by atoms with E-state index in [0.717, 1.165) is 0 Å². The largest absolute Gasteiger partial charge is 0.389 e. The number of aromatic nitrogens is 2. The Hall–Kier alpha value is -1.19. The van der Waals surface area contributed by atoms with Crippen molar-refractivity contribution in [2.75, 3.05) is 17.6 Å². The van der Waals surface area contributed by atoms with E-state index in [9.17, 15) is 8.42 Å². The highest BCUT2D eigenvalue weighted by molar-refractivity contribution is 7.89. The number of nitrogens with one attached hydrogen (secondary N) is 1. The topological polar surface area (TPSA) is 116 Å². The summed E-state index contributed by atoms with van der Waals surface area (Å²) in [4.78, 5) is 0.216. The molecule has 7 nitrogen and oxygen atoms in total. The SMILES string of the molecule is Cc1nn(C)c(NCCS(N)(=O)=O)c1C(N)=S. The van der Waals surface area contributed by atoms with Gasteiger partial charge in [-0.25, -0.2) is 13.6 Å². The van der Waals surface area contributed by atoms with Crippen LogP contribution in [-0.2, 0) is 17.1 Å². The molecule has 1 rings (SSSR count). The Balaban J connectivity index is 2.87. The molecule has 0 aromatic carbocycles. The fourth-order valence-electron chi connectivity index (χ4n) is 1.47. The summed E-state index contributed by atoms with van der Waals surface area (Å²) in [5.74, 6) is 0.423. The van der Waals surface area contributed by atoms with E-state index >= 15 is 0 Å². The van der Waals surface area contributed by atoms with Crippen LogP contribution in [0.4, 0.5) is 5.82 Å². The van der Waals surface area contributed by atoms with Gasteiger partial charge in [0.15, 0.2) is 0 Å². The van der Waals surface area contributed by atoms with E-state index in [1.165, 1.54) is 0 Å². The predicted molar refractivity (Wildman–Crippen MR) is 70.3 cm³/mol. The first kappa shape index (κ1) is 13.9. The maximum absolute atomic E-state index is 10.8. The number of sulfonamides is 1. The lowest BCUT2D eigenvalue weighted by molar-refractivity contribution is 0.598. The van der Waals surface area contributed by atoms with E-state index in [2.05, 4.69) is 10.4 Å². The summed E-state index contributed by atoms with van der Waals surface area (Å²) in [6, 6.07) is 0. The second kappa shape index (κ2) is 4.98. The molecule has 9 heteroatoms. The molecule has 0 aliphatic rings. The van der Waals surface area contributed by atoms with Crippen molar-refractivity contribution in [1.82, 2.24) is 9.78 Å². The van der Waals surface area contributed by atoms with Crippen molar-refractivity contribution >= 4 is 33.0 Å². The third-order valence-corrected chi connectivity index (χ3v) is 3.12. The van der Waals surface area contributed by atoms with Gasteiger partial charge >= 0.3 is 0 Å². The average Bonchev–Trinajstić information content (AvgIpc) is 2.39. The Morgan fingerprint density at radius 2 is 2.18 bits per heavy atom. The highest BCUT2D eigenvalue weighted by Gasteiger charge is 2.15. The van der Waals surface area contributed by atoms with Gasteiger partial charge in [0, 0.05) is 13.6 Å². The molecule has 1 aromatic heterocycles. The number of aryl methyl sites for hydroxylation is 2. The van der Waals surface area contributed by atoms with E-state index in [-0.39, 0.29) is 17.3 Å². The molecule has 5 N–H and O–H groups in total. The molecule has 1 heterocycles. The second-order valence-corrected chi connectivity index (χ2v) is 5.76. The molecule has 1 aromatic rings. The van der Waals surface area contributed by atoms with Crippen LogP contribution in [0.2, 0.25) is 0 Å². The first-order valence-corrected chi connectivity index (χ1v) is 6.92. The number of thiocarbonyl (C=S) groups is 1. The number of primary sulfonamides is 1. The third kappa shape index (κ3) is 3.65. The lowest BCUT2D eigenvalue weighted by Crippen LogP contribution is -2.24. The summed E-state index contributed by atoms with van der Waals surface area (Å²) >= 11 is 4.92. The normalized spacial score (nSPS) is 11.5. The molecule has 0 radical (unpaired) electrons. The van der Waals surface area contributed by atoms with Crippen molar-refractivity contribution in [3.8, 4) is 0 Å². The summed E-state index contributed by atoms with van der Waals surface area (Å²) in [6.45, 7) is 1.95. The molecule has 0 aliphatic heterocycles. The van der Waals surface area contributed by atoms with Gasteiger partial charge in [0.05, 0.1) is 17.0 Å². The number of rotatable bonds is 5. The van der Waals surface area contributed by atoms with E-state index in [1.54, 1.807) is 18.7 Å². The van der Waals surface area contributed by atoms with Gasteiger partial charge in [-0.05, 0) is 6.92 Å². The fraction of sp³-hybridized carbons (Fsp3) is 0.500. The maximum Gasteiger partial charge on any atom is 0.210 e. The molecule has 0 fully saturated rings. The van der Waals surface area contributed by atoms with Gasteiger partial charge in [-0.3, -0.25) is 4.68 Å². The van der Waals surface area contributed by atoms with Crippen molar-refractivity contribution in [2.24, 2.45) is 17.9 Å². The van der Waals surface area contributed by atoms with Crippen LogP contribution in [0.5, 0.6) is 0 Å². The van der Waals surface area contributed by atoms with Gasteiger partial charge in [-0.1, -0.05) is 12.2 Å². The Labute approximate surface area is 105 Å². The highest BCUT2D eigenvalue weighted by Crippen LogP contribution is 2.18.